The van der Waals surface area contributed by atoms with E-state index in [9.17, 15) is 0 Å². The summed E-state index contributed by atoms with van der Waals surface area (Å²) in [6.45, 7) is 0. The number of hydrogen-bond acceptors (Lipinski definition) is 2. The van der Waals surface area contributed by atoms with E-state index in [4.69, 9.17) is 34.7 Å². The van der Waals surface area contributed by atoms with E-state index in [-0.39, 0.29) is 12.1 Å². The van der Waals surface area contributed by atoms with E-state index in [1.165, 1.54) is 0 Å². The molecule has 2 atom stereocenters. The van der Waals surface area contributed by atoms with Crippen LogP contribution in [0.5, 0.6) is 0 Å². The molecule has 0 fully saturated rings. The Morgan fingerprint density at radius 3 is 1.50 bits per heavy atom. The molecule has 2 aromatic rings. The van der Waals surface area contributed by atoms with Gasteiger partial charge in [0.05, 0.1) is 0 Å². The van der Waals surface area contributed by atoms with Crippen LogP contribution in [0.2, 0.25) is 10.0 Å². The zero-order valence-corrected chi connectivity index (χ0v) is 12.6. The van der Waals surface area contributed by atoms with Crippen molar-refractivity contribution in [1.29, 1.82) is 0 Å². The van der Waals surface area contributed by atoms with Gasteiger partial charge in [0, 0.05) is 22.1 Å². The van der Waals surface area contributed by atoms with Crippen LogP contribution in [0.1, 0.15) is 11.1 Å². The molecule has 0 aromatic heterocycles. The molecule has 0 aliphatic rings. The fourth-order valence-corrected chi connectivity index (χ4v) is 2.60. The van der Waals surface area contributed by atoms with Crippen LogP contribution in [0.15, 0.2) is 48.5 Å². The van der Waals surface area contributed by atoms with Gasteiger partial charge in [-0.05, 0) is 48.2 Å². The van der Waals surface area contributed by atoms with Crippen LogP contribution in [0, 0.1) is 0 Å². The highest BCUT2D eigenvalue weighted by molar-refractivity contribution is 6.30. The maximum atomic E-state index is 6.18. The Morgan fingerprint density at radius 2 is 1.15 bits per heavy atom. The van der Waals surface area contributed by atoms with Crippen LogP contribution in [0.25, 0.3) is 0 Å². The summed E-state index contributed by atoms with van der Waals surface area (Å²) in [6.07, 6.45) is 1.42. The molecule has 2 nitrogen and oxygen atoms in total. The van der Waals surface area contributed by atoms with Crippen LogP contribution in [-0.4, -0.2) is 12.1 Å². The normalized spacial score (nSPS) is 14.0. The van der Waals surface area contributed by atoms with Gasteiger partial charge < -0.3 is 11.5 Å². The van der Waals surface area contributed by atoms with E-state index in [0.717, 1.165) is 21.2 Å². The summed E-state index contributed by atoms with van der Waals surface area (Å²) in [5.41, 5.74) is 14.6. The van der Waals surface area contributed by atoms with E-state index >= 15 is 0 Å². The molecular formula is C16H18Cl2N2. The second-order valence-corrected chi connectivity index (χ2v) is 5.87. The average molecular weight is 309 g/mol. The average Bonchev–Trinajstić information content (AvgIpc) is 2.38. The van der Waals surface area contributed by atoms with Crippen molar-refractivity contribution in [3.8, 4) is 0 Å². The van der Waals surface area contributed by atoms with Crippen molar-refractivity contribution in [3.63, 3.8) is 0 Å². The first kappa shape index (κ1) is 15.3. The van der Waals surface area contributed by atoms with Crippen molar-refractivity contribution in [2.24, 2.45) is 11.5 Å². The molecule has 2 aromatic carbocycles. The Labute approximate surface area is 129 Å². The minimum absolute atomic E-state index is 0.118. The predicted molar refractivity (Wildman–Crippen MR) is 86.3 cm³/mol. The summed E-state index contributed by atoms with van der Waals surface area (Å²) in [5.74, 6) is 0. The molecule has 4 N–H and O–H groups in total. The van der Waals surface area contributed by atoms with Gasteiger partial charge in [0.25, 0.3) is 0 Å². The minimum atomic E-state index is -0.118. The molecule has 2 unspecified atom stereocenters. The van der Waals surface area contributed by atoms with E-state index in [1.807, 2.05) is 48.5 Å². The molecule has 0 saturated carbocycles. The molecular weight excluding hydrogens is 291 g/mol. The summed E-state index contributed by atoms with van der Waals surface area (Å²) < 4.78 is 0. The van der Waals surface area contributed by atoms with E-state index in [0.29, 0.717) is 12.8 Å². The highest BCUT2D eigenvalue weighted by Gasteiger charge is 2.14. The lowest BCUT2D eigenvalue weighted by Crippen LogP contribution is -2.44. The van der Waals surface area contributed by atoms with Gasteiger partial charge in [0.15, 0.2) is 0 Å². The molecule has 4 heteroatoms. The van der Waals surface area contributed by atoms with Crippen LogP contribution in [0.3, 0.4) is 0 Å². The zero-order chi connectivity index (χ0) is 14.5. The number of nitrogens with two attached hydrogens (primary N) is 2. The SMILES string of the molecule is NC(Cc1cccc(Cl)c1)C(N)Cc1cccc(Cl)c1. The van der Waals surface area contributed by atoms with Gasteiger partial charge >= 0.3 is 0 Å². The second-order valence-electron chi connectivity index (χ2n) is 5.00. The highest BCUT2D eigenvalue weighted by atomic mass is 35.5. The maximum absolute atomic E-state index is 6.18. The first-order valence-electron chi connectivity index (χ1n) is 6.54. The summed E-state index contributed by atoms with van der Waals surface area (Å²) in [7, 11) is 0. The molecule has 0 radical (unpaired) electrons. The van der Waals surface area contributed by atoms with Crippen molar-refractivity contribution in [2.75, 3.05) is 0 Å². The summed E-state index contributed by atoms with van der Waals surface area (Å²) in [6, 6.07) is 15.2. The summed E-state index contributed by atoms with van der Waals surface area (Å²) >= 11 is 11.9. The molecule has 0 spiro atoms. The quantitative estimate of drug-likeness (QED) is 0.889. The molecule has 0 saturated heterocycles. The monoisotopic (exact) mass is 308 g/mol. The van der Waals surface area contributed by atoms with Crippen molar-refractivity contribution in [2.45, 2.75) is 24.9 Å². The minimum Gasteiger partial charge on any atom is -0.326 e. The largest absolute Gasteiger partial charge is 0.326 e. The van der Waals surface area contributed by atoms with Gasteiger partial charge in [0.1, 0.15) is 0 Å². The van der Waals surface area contributed by atoms with Crippen LogP contribution in [0.4, 0.5) is 0 Å². The topological polar surface area (TPSA) is 52.0 Å². The molecule has 106 valence electrons. The van der Waals surface area contributed by atoms with E-state index < -0.39 is 0 Å². The Kier molecular flexibility index (Phi) is 5.44. The first-order chi connectivity index (χ1) is 9.54. The van der Waals surface area contributed by atoms with Gasteiger partial charge in [0.2, 0.25) is 0 Å². The van der Waals surface area contributed by atoms with Gasteiger partial charge in [-0.15, -0.1) is 0 Å². The second kappa shape index (κ2) is 7.09. The number of hydrogen-bond donors (Lipinski definition) is 2. The summed E-state index contributed by atoms with van der Waals surface area (Å²) in [4.78, 5) is 0. The third kappa shape index (κ3) is 4.50. The van der Waals surface area contributed by atoms with Crippen LogP contribution < -0.4 is 11.5 Å². The Morgan fingerprint density at radius 1 is 0.750 bits per heavy atom. The molecule has 0 aliphatic heterocycles. The third-order valence-electron chi connectivity index (χ3n) is 3.27. The fraction of sp³-hybridized carbons (Fsp3) is 0.250. The lowest BCUT2D eigenvalue weighted by atomic mass is 9.95. The van der Waals surface area contributed by atoms with Crippen molar-refractivity contribution in [3.05, 3.63) is 69.7 Å². The van der Waals surface area contributed by atoms with Gasteiger partial charge in [-0.3, -0.25) is 0 Å². The molecule has 0 heterocycles. The fourth-order valence-electron chi connectivity index (χ4n) is 2.17. The van der Waals surface area contributed by atoms with Gasteiger partial charge in [-0.1, -0.05) is 47.5 Å². The van der Waals surface area contributed by atoms with E-state index in [1.54, 1.807) is 0 Å². The molecule has 0 bridgehead atoms. The van der Waals surface area contributed by atoms with Gasteiger partial charge in [-0.25, -0.2) is 0 Å². The summed E-state index contributed by atoms with van der Waals surface area (Å²) in [5, 5.41) is 1.44. The van der Waals surface area contributed by atoms with Crippen LogP contribution >= 0.6 is 23.2 Å². The van der Waals surface area contributed by atoms with Crippen LogP contribution in [-0.2, 0) is 12.8 Å². The molecule has 2 rings (SSSR count). The van der Waals surface area contributed by atoms with E-state index in [2.05, 4.69) is 0 Å². The zero-order valence-electron chi connectivity index (χ0n) is 11.1. The molecule has 0 aliphatic carbocycles. The van der Waals surface area contributed by atoms with Crippen molar-refractivity contribution >= 4 is 23.2 Å². The Hall–Kier alpha value is -1.06. The highest BCUT2D eigenvalue weighted by Crippen LogP contribution is 2.15. The third-order valence-corrected chi connectivity index (χ3v) is 3.74. The lowest BCUT2D eigenvalue weighted by Gasteiger charge is -2.20. The first-order valence-corrected chi connectivity index (χ1v) is 7.30. The van der Waals surface area contributed by atoms with Crippen molar-refractivity contribution in [1.82, 2.24) is 0 Å². The smallest absolute Gasteiger partial charge is 0.0408 e. The number of rotatable bonds is 5. The van der Waals surface area contributed by atoms with Crippen molar-refractivity contribution < 1.29 is 0 Å². The predicted octanol–water partition coefficient (Wildman–Crippen LogP) is 3.43. The Bertz CT molecular complexity index is 520. The number of benzene rings is 2. The van der Waals surface area contributed by atoms with Gasteiger partial charge in [-0.2, -0.15) is 0 Å². The number of halogens is 2. The molecule has 0 amide bonds. The standard InChI is InChI=1S/C16H18Cl2N2/c17-13-5-1-3-11(7-13)9-15(19)16(20)10-12-4-2-6-14(18)8-12/h1-8,15-16H,9-10,19-20H2. The Balaban J connectivity index is 1.96. The molecule has 20 heavy (non-hydrogen) atoms. The maximum Gasteiger partial charge on any atom is 0.0408 e. The lowest BCUT2D eigenvalue weighted by molar-refractivity contribution is 0.519.